The minimum atomic E-state index is -1.09. The average Bonchev–Trinajstić information content (AvgIpc) is 2.71. The van der Waals surface area contributed by atoms with Gasteiger partial charge in [-0.3, -0.25) is 14.9 Å². The van der Waals surface area contributed by atoms with E-state index in [2.05, 4.69) is 12.2 Å². The second-order valence-electron chi connectivity index (χ2n) is 8.25. The number of hydrogen-bond acceptors (Lipinski definition) is 7. The van der Waals surface area contributed by atoms with Gasteiger partial charge in [0, 0.05) is 19.2 Å². The van der Waals surface area contributed by atoms with Crippen LogP contribution in [0.3, 0.4) is 0 Å². The fourth-order valence-electron chi connectivity index (χ4n) is 3.31. The number of rotatable bonds is 7. The maximum absolute atomic E-state index is 12.3. The Kier molecular flexibility index (Phi) is 7.38. The van der Waals surface area contributed by atoms with Crippen molar-refractivity contribution in [1.82, 2.24) is 5.32 Å². The molecule has 0 saturated carbocycles. The Bertz CT molecular complexity index is 863. The van der Waals surface area contributed by atoms with E-state index >= 15 is 0 Å². The molecule has 1 fully saturated rings. The summed E-state index contributed by atoms with van der Waals surface area (Å²) in [7, 11) is 0. The first-order chi connectivity index (χ1) is 14.1. The van der Waals surface area contributed by atoms with Crippen molar-refractivity contribution in [2.24, 2.45) is 11.8 Å². The predicted octanol–water partition coefficient (Wildman–Crippen LogP) is 3.04. The minimum absolute atomic E-state index is 0.00443. The summed E-state index contributed by atoms with van der Waals surface area (Å²) in [6.07, 6.45) is 2.04. The van der Waals surface area contributed by atoms with Crippen LogP contribution in [0.25, 0.3) is 0 Å². The van der Waals surface area contributed by atoms with Crippen LogP contribution in [0.2, 0.25) is 0 Å². The molecule has 1 aliphatic rings. The molecule has 1 aromatic rings. The zero-order valence-electron chi connectivity index (χ0n) is 17.8. The van der Waals surface area contributed by atoms with Gasteiger partial charge >= 0.3 is 5.97 Å². The Morgan fingerprint density at radius 1 is 1.47 bits per heavy atom. The monoisotopic (exact) mass is 416 g/mol. The average molecular weight is 416 g/mol. The molecule has 9 nitrogen and oxygen atoms in total. The highest BCUT2D eigenvalue weighted by Crippen LogP contribution is 2.32. The molecule has 2 atom stereocenters. The van der Waals surface area contributed by atoms with Crippen LogP contribution in [0.5, 0.6) is 0 Å². The van der Waals surface area contributed by atoms with Gasteiger partial charge in [0.15, 0.2) is 6.61 Å². The molecule has 9 heteroatoms. The molecular formula is C21H28N4O5. The van der Waals surface area contributed by atoms with Gasteiger partial charge in [-0.15, -0.1) is 0 Å². The third-order valence-corrected chi connectivity index (χ3v) is 5.53. The van der Waals surface area contributed by atoms with E-state index in [1.807, 2.05) is 11.0 Å². The number of ether oxygens (including phenoxy) is 1. The highest BCUT2D eigenvalue weighted by Gasteiger charge is 2.30. The molecule has 1 N–H and O–H groups in total. The van der Waals surface area contributed by atoms with Gasteiger partial charge in [-0.1, -0.05) is 20.8 Å². The third-order valence-electron chi connectivity index (χ3n) is 5.53. The molecule has 1 amide bonds. The molecule has 0 spiro atoms. The normalized spacial score (nSPS) is 18.3. The molecule has 0 aromatic heterocycles. The summed E-state index contributed by atoms with van der Waals surface area (Å²) in [6.45, 7) is 8.13. The predicted molar refractivity (Wildman–Crippen MR) is 111 cm³/mol. The SMILES string of the molecule is CC(C)[C@@](C)(C#N)NC(=O)COC(=O)c1ccc(N2CCC[C@@H](C)C2)c([N+](=O)[O-])c1. The van der Waals surface area contributed by atoms with Crippen molar-refractivity contribution in [3.8, 4) is 6.07 Å². The van der Waals surface area contributed by atoms with Crippen LogP contribution in [0.1, 0.15) is 50.9 Å². The van der Waals surface area contributed by atoms with Crippen LogP contribution < -0.4 is 10.2 Å². The summed E-state index contributed by atoms with van der Waals surface area (Å²) in [5, 5.41) is 23.4. The maximum atomic E-state index is 12.3. The topological polar surface area (TPSA) is 126 Å². The Morgan fingerprint density at radius 3 is 2.73 bits per heavy atom. The molecule has 162 valence electrons. The van der Waals surface area contributed by atoms with Gasteiger partial charge in [0.25, 0.3) is 11.6 Å². The summed E-state index contributed by atoms with van der Waals surface area (Å²) in [6, 6.07) is 6.24. The molecule has 1 aliphatic heterocycles. The van der Waals surface area contributed by atoms with Crippen molar-refractivity contribution < 1.29 is 19.2 Å². The van der Waals surface area contributed by atoms with Crippen molar-refractivity contribution in [2.45, 2.75) is 46.1 Å². The zero-order valence-corrected chi connectivity index (χ0v) is 17.8. The highest BCUT2D eigenvalue weighted by molar-refractivity contribution is 5.93. The largest absolute Gasteiger partial charge is 0.452 e. The fourth-order valence-corrected chi connectivity index (χ4v) is 3.31. The summed E-state index contributed by atoms with van der Waals surface area (Å²) in [5.41, 5.74) is -0.784. The van der Waals surface area contributed by atoms with Crippen LogP contribution >= 0.6 is 0 Å². The number of anilines is 1. The van der Waals surface area contributed by atoms with Gasteiger partial charge in [0.2, 0.25) is 0 Å². The first-order valence-corrected chi connectivity index (χ1v) is 10.00. The van der Waals surface area contributed by atoms with Crippen molar-refractivity contribution in [2.75, 3.05) is 24.6 Å². The fraction of sp³-hybridized carbons (Fsp3) is 0.571. The molecule has 0 radical (unpaired) electrons. The number of carbonyl (C=O) groups is 2. The molecule has 0 unspecified atom stereocenters. The summed E-state index contributed by atoms with van der Waals surface area (Å²) in [5.74, 6) is -1.16. The first-order valence-electron chi connectivity index (χ1n) is 10.00. The third kappa shape index (κ3) is 5.47. The lowest BCUT2D eigenvalue weighted by Crippen LogP contribution is -2.50. The summed E-state index contributed by atoms with van der Waals surface area (Å²) < 4.78 is 5.00. The second kappa shape index (κ2) is 9.57. The standard InChI is InChI=1S/C21H28N4O5/c1-14(2)21(4,13-22)23-19(26)12-30-20(27)16-7-8-17(18(10-16)25(28)29)24-9-5-6-15(3)11-24/h7-8,10,14-15H,5-6,9,11-12H2,1-4H3,(H,23,26)/t15-,21-/m1/s1. The molecular weight excluding hydrogens is 388 g/mol. The Hall–Kier alpha value is -3.15. The van der Waals surface area contributed by atoms with Crippen LogP contribution in [0.15, 0.2) is 18.2 Å². The number of nitrogens with zero attached hydrogens (tertiary/aromatic N) is 3. The van der Waals surface area contributed by atoms with E-state index in [1.165, 1.54) is 12.1 Å². The van der Waals surface area contributed by atoms with Crippen LogP contribution in [0.4, 0.5) is 11.4 Å². The lowest BCUT2D eigenvalue weighted by molar-refractivity contribution is -0.384. The molecule has 30 heavy (non-hydrogen) atoms. The zero-order chi connectivity index (χ0) is 22.5. The van der Waals surface area contributed by atoms with Gasteiger partial charge in [0.1, 0.15) is 11.2 Å². The number of nitrogens with one attached hydrogen (secondary N) is 1. The number of nitro benzene ring substituents is 1. The smallest absolute Gasteiger partial charge is 0.338 e. The van der Waals surface area contributed by atoms with Gasteiger partial charge in [0.05, 0.1) is 16.6 Å². The Morgan fingerprint density at radius 2 is 2.17 bits per heavy atom. The number of piperidine rings is 1. The van der Waals surface area contributed by atoms with Crippen molar-refractivity contribution in [1.29, 1.82) is 5.26 Å². The van der Waals surface area contributed by atoms with E-state index in [0.717, 1.165) is 25.9 Å². The van der Waals surface area contributed by atoms with Gasteiger partial charge in [-0.05, 0) is 43.7 Å². The minimum Gasteiger partial charge on any atom is -0.452 e. The first kappa shape index (κ1) is 23.1. The highest BCUT2D eigenvalue weighted by atomic mass is 16.6. The van der Waals surface area contributed by atoms with E-state index < -0.39 is 28.9 Å². The van der Waals surface area contributed by atoms with E-state index in [4.69, 9.17) is 4.74 Å². The Balaban J connectivity index is 2.09. The second-order valence-corrected chi connectivity index (χ2v) is 8.25. The number of nitriles is 1. The number of hydrogen-bond donors (Lipinski definition) is 1. The maximum Gasteiger partial charge on any atom is 0.338 e. The van der Waals surface area contributed by atoms with Crippen LogP contribution in [-0.4, -0.2) is 42.0 Å². The molecule has 0 aliphatic carbocycles. The number of esters is 1. The quantitative estimate of drug-likeness (QED) is 0.411. The lowest BCUT2D eigenvalue weighted by Gasteiger charge is -2.32. The van der Waals surface area contributed by atoms with E-state index in [9.17, 15) is 25.0 Å². The van der Waals surface area contributed by atoms with E-state index in [1.54, 1.807) is 26.8 Å². The summed E-state index contributed by atoms with van der Waals surface area (Å²) in [4.78, 5) is 37.4. The molecule has 1 aromatic carbocycles. The number of amides is 1. The van der Waals surface area contributed by atoms with Crippen LogP contribution in [-0.2, 0) is 9.53 Å². The lowest BCUT2D eigenvalue weighted by atomic mass is 9.90. The molecule has 1 heterocycles. The number of benzene rings is 1. The number of nitro groups is 1. The van der Waals surface area contributed by atoms with Crippen molar-refractivity contribution in [3.05, 3.63) is 33.9 Å². The molecule has 0 bridgehead atoms. The van der Waals surface area contributed by atoms with Gasteiger partial charge in [-0.25, -0.2) is 4.79 Å². The van der Waals surface area contributed by atoms with E-state index in [-0.39, 0.29) is 17.2 Å². The van der Waals surface area contributed by atoms with Crippen LogP contribution in [0, 0.1) is 33.3 Å². The molecule has 2 rings (SSSR count). The molecule has 1 saturated heterocycles. The summed E-state index contributed by atoms with van der Waals surface area (Å²) >= 11 is 0. The number of carbonyl (C=O) groups excluding carboxylic acids is 2. The van der Waals surface area contributed by atoms with E-state index in [0.29, 0.717) is 11.6 Å². The van der Waals surface area contributed by atoms with Crippen molar-refractivity contribution in [3.63, 3.8) is 0 Å². The van der Waals surface area contributed by atoms with Crippen molar-refractivity contribution >= 4 is 23.3 Å². The van der Waals surface area contributed by atoms with Gasteiger partial charge < -0.3 is 15.0 Å². The van der Waals surface area contributed by atoms with Gasteiger partial charge in [-0.2, -0.15) is 5.26 Å². The Labute approximate surface area is 176 Å².